The molecule has 1 aliphatic rings. The number of rotatable bonds is 2. The molecule has 0 N–H and O–H groups in total. The largest absolute Gasteiger partial charge is 0.343 e. The van der Waals surface area contributed by atoms with Gasteiger partial charge in [0.2, 0.25) is 5.91 Å². The molecule has 94 valence electrons. The lowest BCUT2D eigenvalue weighted by Crippen LogP contribution is -2.40. The maximum atomic E-state index is 12.0. The van der Waals surface area contributed by atoms with Crippen LogP contribution in [0.25, 0.3) is 0 Å². The first-order chi connectivity index (χ1) is 7.29. The van der Waals surface area contributed by atoms with Crippen molar-refractivity contribution in [3.05, 3.63) is 0 Å². The highest BCUT2D eigenvalue weighted by atomic mass is 16.2. The number of hydrogen-bond donors (Lipinski definition) is 0. The Morgan fingerprint density at radius 2 is 1.75 bits per heavy atom. The third-order valence-electron chi connectivity index (χ3n) is 3.52. The quantitative estimate of drug-likeness (QED) is 0.706. The van der Waals surface area contributed by atoms with E-state index in [2.05, 4.69) is 39.5 Å². The van der Waals surface area contributed by atoms with E-state index >= 15 is 0 Å². The van der Waals surface area contributed by atoms with Crippen LogP contribution in [-0.2, 0) is 4.79 Å². The van der Waals surface area contributed by atoms with Crippen LogP contribution in [0, 0.1) is 17.3 Å². The Morgan fingerprint density at radius 3 is 2.12 bits per heavy atom. The number of likely N-dealkylation sites (tertiary alicyclic amines) is 1. The predicted octanol–water partition coefficient (Wildman–Crippen LogP) is 3.32. The minimum Gasteiger partial charge on any atom is -0.343 e. The van der Waals surface area contributed by atoms with E-state index in [0.29, 0.717) is 12.3 Å². The molecule has 0 bridgehead atoms. The molecule has 1 amide bonds. The van der Waals surface area contributed by atoms with Gasteiger partial charge in [-0.05, 0) is 30.1 Å². The third-order valence-corrected chi connectivity index (χ3v) is 3.52. The average Bonchev–Trinajstić information content (AvgIpc) is 2.15. The van der Waals surface area contributed by atoms with Crippen LogP contribution in [-0.4, -0.2) is 23.9 Å². The predicted molar refractivity (Wildman–Crippen MR) is 68.2 cm³/mol. The number of amides is 1. The fourth-order valence-electron chi connectivity index (χ4n) is 2.38. The summed E-state index contributed by atoms with van der Waals surface area (Å²) in [6.07, 6.45) is 3.06. The number of carbonyl (C=O) groups is 1. The van der Waals surface area contributed by atoms with Crippen LogP contribution in [0.4, 0.5) is 0 Å². The van der Waals surface area contributed by atoms with E-state index < -0.39 is 0 Å². The van der Waals surface area contributed by atoms with Crippen LogP contribution < -0.4 is 0 Å². The minimum atomic E-state index is 0.117. The molecule has 2 nitrogen and oxygen atoms in total. The summed E-state index contributed by atoms with van der Waals surface area (Å²) in [4.78, 5) is 14.1. The van der Waals surface area contributed by atoms with Crippen molar-refractivity contribution in [2.45, 2.75) is 53.9 Å². The van der Waals surface area contributed by atoms with Crippen molar-refractivity contribution < 1.29 is 4.79 Å². The van der Waals surface area contributed by atoms with Crippen molar-refractivity contribution in [1.29, 1.82) is 0 Å². The summed E-state index contributed by atoms with van der Waals surface area (Å²) in [6, 6.07) is 0. The van der Waals surface area contributed by atoms with Gasteiger partial charge >= 0.3 is 0 Å². The van der Waals surface area contributed by atoms with E-state index in [4.69, 9.17) is 0 Å². The molecule has 1 rings (SSSR count). The van der Waals surface area contributed by atoms with Crippen LogP contribution in [0.2, 0.25) is 0 Å². The van der Waals surface area contributed by atoms with Crippen LogP contribution in [0.1, 0.15) is 53.9 Å². The van der Waals surface area contributed by atoms with Crippen LogP contribution in [0.15, 0.2) is 0 Å². The maximum Gasteiger partial charge on any atom is 0.223 e. The zero-order valence-corrected chi connectivity index (χ0v) is 11.5. The van der Waals surface area contributed by atoms with Crippen molar-refractivity contribution in [3.8, 4) is 0 Å². The first kappa shape index (κ1) is 13.5. The molecule has 1 saturated heterocycles. The van der Waals surface area contributed by atoms with E-state index in [0.717, 1.165) is 24.9 Å². The van der Waals surface area contributed by atoms with Gasteiger partial charge in [0, 0.05) is 19.5 Å². The molecule has 0 atom stereocenters. The second-order valence-corrected chi connectivity index (χ2v) is 6.70. The third kappa shape index (κ3) is 4.15. The molecule has 0 aliphatic carbocycles. The number of nitrogens with zero attached hydrogens (tertiary/aromatic N) is 1. The van der Waals surface area contributed by atoms with Gasteiger partial charge in [0.05, 0.1) is 0 Å². The Bertz CT molecular complexity index is 232. The Morgan fingerprint density at radius 1 is 1.25 bits per heavy atom. The van der Waals surface area contributed by atoms with Crippen LogP contribution in [0.3, 0.4) is 0 Å². The lowest BCUT2D eigenvalue weighted by molar-refractivity contribution is -0.134. The molecule has 0 radical (unpaired) electrons. The highest BCUT2D eigenvalue weighted by Gasteiger charge is 2.26. The molecule has 1 aliphatic heterocycles. The molecule has 0 aromatic carbocycles. The molecule has 1 heterocycles. The van der Waals surface area contributed by atoms with Crippen molar-refractivity contribution >= 4 is 5.91 Å². The zero-order valence-electron chi connectivity index (χ0n) is 11.5. The molecule has 2 heteroatoms. The highest BCUT2D eigenvalue weighted by Crippen LogP contribution is 2.26. The average molecular weight is 225 g/mol. The van der Waals surface area contributed by atoms with E-state index in [1.807, 2.05) is 0 Å². The van der Waals surface area contributed by atoms with Crippen LogP contribution >= 0.6 is 0 Å². The van der Waals surface area contributed by atoms with Gasteiger partial charge in [-0.25, -0.2) is 0 Å². The summed E-state index contributed by atoms with van der Waals surface area (Å²) < 4.78 is 0. The molecule has 1 fully saturated rings. The van der Waals surface area contributed by atoms with Crippen LogP contribution in [0.5, 0.6) is 0 Å². The van der Waals surface area contributed by atoms with Gasteiger partial charge in [-0.15, -0.1) is 0 Å². The fourth-order valence-corrected chi connectivity index (χ4v) is 2.38. The number of carbonyl (C=O) groups excluding carboxylic acids is 1. The maximum absolute atomic E-state index is 12.0. The fraction of sp³-hybridized carbons (Fsp3) is 0.929. The Kier molecular flexibility index (Phi) is 4.40. The molecule has 0 aromatic heterocycles. The number of hydrogen-bond acceptors (Lipinski definition) is 1. The molecular weight excluding hydrogens is 198 g/mol. The van der Waals surface area contributed by atoms with Gasteiger partial charge in [-0.2, -0.15) is 0 Å². The summed E-state index contributed by atoms with van der Waals surface area (Å²) in [7, 11) is 0. The van der Waals surface area contributed by atoms with Gasteiger partial charge in [-0.3, -0.25) is 4.79 Å². The molecule has 0 unspecified atom stereocenters. The molecule has 0 spiro atoms. The van der Waals surface area contributed by atoms with E-state index in [1.165, 1.54) is 12.8 Å². The Hall–Kier alpha value is -0.530. The van der Waals surface area contributed by atoms with Gasteiger partial charge in [0.25, 0.3) is 0 Å². The van der Waals surface area contributed by atoms with E-state index in [9.17, 15) is 4.79 Å². The Labute approximate surface area is 100 Å². The lowest BCUT2D eigenvalue weighted by Gasteiger charge is -2.35. The topological polar surface area (TPSA) is 20.3 Å². The van der Waals surface area contributed by atoms with E-state index in [-0.39, 0.29) is 5.41 Å². The summed E-state index contributed by atoms with van der Waals surface area (Å²) in [6.45, 7) is 12.9. The van der Waals surface area contributed by atoms with Gasteiger partial charge in [-0.1, -0.05) is 34.6 Å². The number of piperidine rings is 1. The van der Waals surface area contributed by atoms with Gasteiger partial charge < -0.3 is 4.90 Å². The molecule has 0 aromatic rings. The molecule has 0 saturated carbocycles. The SMILES string of the molecule is CC(C)C1CCN(C(=O)CC(C)(C)C)CC1. The van der Waals surface area contributed by atoms with Crippen molar-refractivity contribution in [2.24, 2.45) is 17.3 Å². The van der Waals surface area contributed by atoms with Gasteiger partial charge in [0.15, 0.2) is 0 Å². The summed E-state index contributed by atoms with van der Waals surface area (Å²) in [5.41, 5.74) is 0.117. The van der Waals surface area contributed by atoms with Crippen molar-refractivity contribution in [2.75, 3.05) is 13.1 Å². The summed E-state index contributed by atoms with van der Waals surface area (Å²) in [5.74, 6) is 1.92. The summed E-state index contributed by atoms with van der Waals surface area (Å²) in [5, 5.41) is 0. The smallest absolute Gasteiger partial charge is 0.223 e. The monoisotopic (exact) mass is 225 g/mol. The lowest BCUT2D eigenvalue weighted by atomic mass is 9.86. The summed E-state index contributed by atoms with van der Waals surface area (Å²) >= 11 is 0. The highest BCUT2D eigenvalue weighted by molar-refractivity contribution is 5.76. The molecular formula is C14H27NO. The van der Waals surface area contributed by atoms with Gasteiger partial charge in [0.1, 0.15) is 0 Å². The minimum absolute atomic E-state index is 0.117. The molecule has 16 heavy (non-hydrogen) atoms. The second kappa shape index (κ2) is 5.20. The van der Waals surface area contributed by atoms with Crippen molar-refractivity contribution in [3.63, 3.8) is 0 Å². The van der Waals surface area contributed by atoms with E-state index in [1.54, 1.807) is 0 Å². The first-order valence-corrected chi connectivity index (χ1v) is 6.57. The second-order valence-electron chi connectivity index (χ2n) is 6.70. The normalized spacial score (nSPS) is 19.2. The standard InChI is InChI=1S/C14H27NO/c1-11(2)12-6-8-15(9-7-12)13(16)10-14(3,4)5/h11-12H,6-10H2,1-5H3. The van der Waals surface area contributed by atoms with Crippen molar-refractivity contribution in [1.82, 2.24) is 4.90 Å². The zero-order chi connectivity index (χ0) is 12.3. The Balaban J connectivity index is 2.39. The first-order valence-electron chi connectivity index (χ1n) is 6.57.